The Kier molecular flexibility index (Phi) is 13.8. The molecule has 1 fully saturated rings. The summed E-state index contributed by atoms with van der Waals surface area (Å²) in [5.41, 5.74) is 3.89. The number of aromatic nitrogens is 1. The van der Waals surface area contributed by atoms with Gasteiger partial charge in [-0.3, -0.25) is 4.98 Å². The summed E-state index contributed by atoms with van der Waals surface area (Å²) < 4.78 is 5.10. The number of pyridine rings is 1. The molecule has 1 aromatic heterocycles. The molecular formula is C24H44BNO. The van der Waals surface area contributed by atoms with Gasteiger partial charge in [-0.2, -0.15) is 0 Å². The third kappa shape index (κ3) is 10.9. The van der Waals surface area contributed by atoms with Gasteiger partial charge in [-0.15, -0.1) is 0 Å². The minimum atomic E-state index is 0.500. The summed E-state index contributed by atoms with van der Waals surface area (Å²) in [5, 5.41) is 0. The van der Waals surface area contributed by atoms with Gasteiger partial charge >= 0.3 is 0 Å². The molecule has 1 aliphatic heterocycles. The number of nitrogens with zero attached hydrogens (tertiary/aromatic N) is 1. The topological polar surface area (TPSA) is 22.1 Å². The van der Waals surface area contributed by atoms with Crippen LogP contribution in [0.2, 0.25) is 0 Å². The number of unbranched alkanes of at least 4 members (excludes halogenated alkanes) is 2. The number of aryl methyl sites for hydroxylation is 2. The van der Waals surface area contributed by atoms with Gasteiger partial charge in [0.25, 0.3) is 0 Å². The van der Waals surface area contributed by atoms with Crippen LogP contribution in [0.25, 0.3) is 0 Å². The SMILES string of the molecule is CC(C)C1(C)COC1.CCCCCC(C)CC.[B]Cc1cnc(C)c(C)c1. The molecule has 0 amide bonds. The Labute approximate surface area is 171 Å². The van der Waals surface area contributed by atoms with Crippen molar-refractivity contribution in [1.82, 2.24) is 4.98 Å². The molecule has 0 saturated carbocycles. The Hall–Kier alpha value is -0.825. The molecule has 1 atom stereocenters. The summed E-state index contributed by atoms with van der Waals surface area (Å²) in [6, 6.07) is 2.07. The van der Waals surface area contributed by atoms with E-state index in [9.17, 15) is 0 Å². The highest BCUT2D eigenvalue weighted by Gasteiger charge is 2.36. The van der Waals surface area contributed by atoms with Crippen molar-refractivity contribution >= 4 is 7.85 Å². The quantitative estimate of drug-likeness (QED) is 0.394. The predicted molar refractivity (Wildman–Crippen MR) is 121 cm³/mol. The fraction of sp³-hybridized carbons (Fsp3) is 0.792. The maximum Gasteiger partial charge on any atom is 0.0717 e. The van der Waals surface area contributed by atoms with Crippen LogP contribution in [0.5, 0.6) is 0 Å². The molecule has 2 radical (unpaired) electrons. The average Bonchev–Trinajstić information content (AvgIpc) is 2.63. The first-order valence-electron chi connectivity index (χ1n) is 10.9. The monoisotopic (exact) mass is 373 g/mol. The zero-order valence-corrected chi connectivity index (χ0v) is 19.4. The highest BCUT2D eigenvalue weighted by atomic mass is 16.5. The van der Waals surface area contributed by atoms with Crippen LogP contribution in [0, 0.1) is 31.1 Å². The molecule has 0 aromatic carbocycles. The Morgan fingerprint density at radius 1 is 1.15 bits per heavy atom. The highest BCUT2D eigenvalue weighted by molar-refractivity contribution is 6.08. The molecule has 27 heavy (non-hydrogen) atoms. The summed E-state index contributed by atoms with van der Waals surface area (Å²) in [6.45, 7) is 19.6. The van der Waals surface area contributed by atoms with Crippen LogP contribution in [0.4, 0.5) is 0 Å². The van der Waals surface area contributed by atoms with Crippen LogP contribution in [0.1, 0.15) is 90.5 Å². The molecule has 0 spiro atoms. The van der Waals surface area contributed by atoms with E-state index in [2.05, 4.69) is 52.6 Å². The van der Waals surface area contributed by atoms with Gasteiger partial charge in [0, 0.05) is 17.3 Å². The van der Waals surface area contributed by atoms with Crippen LogP contribution >= 0.6 is 0 Å². The Balaban J connectivity index is 0.000000378. The summed E-state index contributed by atoms with van der Waals surface area (Å²) in [6.07, 6.45) is 9.40. The third-order valence-corrected chi connectivity index (χ3v) is 5.89. The van der Waals surface area contributed by atoms with Crippen LogP contribution in [-0.4, -0.2) is 26.0 Å². The number of hydrogen-bond donors (Lipinski definition) is 0. The van der Waals surface area contributed by atoms with Crippen LogP contribution in [0.15, 0.2) is 12.3 Å². The van der Waals surface area contributed by atoms with Crippen LogP contribution in [0.3, 0.4) is 0 Å². The van der Waals surface area contributed by atoms with Gasteiger partial charge in [0.1, 0.15) is 0 Å². The van der Waals surface area contributed by atoms with Crippen LogP contribution < -0.4 is 0 Å². The molecule has 0 bridgehead atoms. The lowest BCUT2D eigenvalue weighted by Gasteiger charge is -2.41. The van der Waals surface area contributed by atoms with Crippen molar-refractivity contribution in [3.05, 3.63) is 29.1 Å². The van der Waals surface area contributed by atoms with Gasteiger partial charge in [0.15, 0.2) is 0 Å². The fourth-order valence-corrected chi connectivity index (χ4v) is 2.52. The summed E-state index contributed by atoms with van der Waals surface area (Å²) in [7, 11) is 5.43. The first-order chi connectivity index (χ1) is 12.7. The second-order valence-corrected chi connectivity index (χ2v) is 8.76. The molecule has 1 saturated heterocycles. The molecule has 1 unspecified atom stereocenters. The maximum absolute atomic E-state index is 5.43. The van der Waals surface area contributed by atoms with E-state index in [1.807, 2.05) is 20.0 Å². The number of rotatable bonds is 7. The van der Waals surface area contributed by atoms with E-state index in [0.29, 0.717) is 11.7 Å². The van der Waals surface area contributed by atoms with Crippen molar-refractivity contribution in [1.29, 1.82) is 0 Å². The van der Waals surface area contributed by atoms with E-state index in [1.54, 1.807) is 0 Å². The van der Waals surface area contributed by atoms with Gasteiger partial charge in [-0.25, -0.2) is 0 Å². The predicted octanol–water partition coefficient (Wildman–Crippen LogP) is 6.66. The fourth-order valence-electron chi connectivity index (χ4n) is 2.52. The molecule has 2 rings (SSSR count). The van der Waals surface area contributed by atoms with E-state index < -0.39 is 0 Å². The van der Waals surface area contributed by atoms with Gasteiger partial charge in [0.05, 0.1) is 21.1 Å². The smallest absolute Gasteiger partial charge is 0.0717 e. The van der Waals surface area contributed by atoms with E-state index >= 15 is 0 Å². The minimum Gasteiger partial charge on any atom is -0.380 e. The third-order valence-electron chi connectivity index (χ3n) is 5.89. The molecule has 2 heterocycles. The van der Waals surface area contributed by atoms with Crippen molar-refractivity contribution in [3.8, 4) is 0 Å². The average molecular weight is 373 g/mol. The zero-order chi connectivity index (χ0) is 20.9. The molecule has 154 valence electrons. The van der Waals surface area contributed by atoms with Gasteiger partial charge in [-0.05, 0) is 36.8 Å². The van der Waals surface area contributed by atoms with Crippen molar-refractivity contribution in [2.24, 2.45) is 17.3 Å². The maximum atomic E-state index is 5.43. The molecular weight excluding hydrogens is 329 g/mol. The van der Waals surface area contributed by atoms with Crippen molar-refractivity contribution < 1.29 is 4.74 Å². The van der Waals surface area contributed by atoms with E-state index in [1.165, 1.54) is 37.7 Å². The number of ether oxygens (including phenoxy) is 1. The van der Waals surface area contributed by atoms with E-state index in [4.69, 9.17) is 12.6 Å². The normalized spacial score (nSPS) is 15.7. The van der Waals surface area contributed by atoms with E-state index in [-0.39, 0.29) is 0 Å². The Bertz CT molecular complexity index is 497. The standard InChI is InChI=1S/C9H20.C8H10BN.C7H14O/c1-4-6-7-8-9(3)5-2;1-6-3-8(4-9)5-10-7(6)2;1-6(2)7(3)4-8-5-7/h9H,4-8H2,1-3H3;3,5H,4H2,1-2H3;6H,4-5H2,1-3H3. The lowest BCUT2D eigenvalue weighted by atomic mass is 9.78. The summed E-state index contributed by atoms with van der Waals surface area (Å²) in [4.78, 5) is 4.17. The van der Waals surface area contributed by atoms with Gasteiger partial charge in [-0.1, -0.05) is 86.0 Å². The zero-order valence-electron chi connectivity index (χ0n) is 19.4. The molecule has 3 heteroatoms. The molecule has 1 aromatic rings. The highest BCUT2D eigenvalue weighted by Crippen LogP contribution is 2.34. The van der Waals surface area contributed by atoms with Crippen molar-refractivity contribution in [3.63, 3.8) is 0 Å². The first-order valence-corrected chi connectivity index (χ1v) is 10.9. The first kappa shape index (κ1) is 26.2. The summed E-state index contributed by atoms with van der Waals surface area (Å²) in [5.74, 6) is 1.73. The van der Waals surface area contributed by atoms with Crippen molar-refractivity contribution in [2.75, 3.05) is 13.2 Å². The summed E-state index contributed by atoms with van der Waals surface area (Å²) >= 11 is 0. The molecule has 0 aliphatic carbocycles. The van der Waals surface area contributed by atoms with Gasteiger partial charge in [0.2, 0.25) is 0 Å². The van der Waals surface area contributed by atoms with Crippen molar-refractivity contribution in [2.45, 2.75) is 93.8 Å². The van der Waals surface area contributed by atoms with E-state index in [0.717, 1.165) is 36.3 Å². The van der Waals surface area contributed by atoms with Gasteiger partial charge < -0.3 is 4.74 Å². The lowest BCUT2D eigenvalue weighted by molar-refractivity contribution is -0.126. The second-order valence-electron chi connectivity index (χ2n) is 8.76. The Morgan fingerprint density at radius 2 is 1.78 bits per heavy atom. The molecule has 1 aliphatic rings. The lowest BCUT2D eigenvalue weighted by Crippen LogP contribution is -2.43. The minimum absolute atomic E-state index is 0.500. The number of hydrogen-bond acceptors (Lipinski definition) is 2. The largest absolute Gasteiger partial charge is 0.380 e. The molecule has 0 N–H and O–H groups in total. The molecule has 2 nitrogen and oxygen atoms in total. The second kappa shape index (κ2) is 14.2. The van der Waals surface area contributed by atoms with Crippen LogP contribution in [-0.2, 0) is 11.1 Å². The Morgan fingerprint density at radius 3 is 2.11 bits per heavy atom.